The third kappa shape index (κ3) is 3.22. The van der Waals surface area contributed by atoms with Crippen LogP contribution in [-0.4, -0.2) is 67.1 Å². The fourth-order valence-corrected chi connectivity index (χ4v) is 3.15. The molecule has 110 valence electrons. The van der Waals surface area contributed by atoms with Crippen LogP contribution in [0.3, 0.4) is 0 Å². The van der Waals surface area contributed by atoms with Gasteiger partial charge in [0.05, 0.1) is 5.69 Å². The Kier molecular flexibility index (Phi) is 4.38. The molecule has 0 aromatic carbocycles. The summed E-state index contributed by atoms with van der Waals surface area (Å²) in [4.78, 5) is 11.9. The molecule has 2 N–H and O–H groups in total. The molecule has 2 aliphatic rings. The van der Waals surface area contributed by atoms with Gasteiger partial charge in [-0.2, -0.15) is 0 Å². The number of hydrogen-bond donors (Lipinski definition) is 1. The zero-order valence-corrected chi connectivity index (χ0v) is 12.2. The lowest BCUT2D eigenvalue weighted by atomic mass is 10.3. The van der Waals surface area contributed by atoms with E-state index in [1.807, 2.05) is 18.3 Å². The summed E-state index contributed by atoms with van der Waals surface area (Å²) >= 11 is 0. The summed E-state index contributed by atoms with van der Waals surface area (Å²) in [6, 6.07) is 3.83. The summed E-state index contributed by atoms with van der Waals surface area (Å²) in [7, 11) is 0. The summed E-state index contributed by atoms with van der Waals surface area (Å²) < 4.78 is 0. The summed E-state index contributed by atoms with van der Waals surface area (Å²) in [5, 5.41) is 0. The molecule has 0 saturated carbocycles. The Balaban J connectivity index is 1.46. The largest absolute Gasteiger partial charge is 0.396 e. The van der Waals surface area contributed by atoms with Gasteiger partial charge < -0.3 is 15.5 Å². The van der Waals surface area contributed by atoms with Crippen LogP contribution in [0.2, 0.25) is 0 Å². The first-order valence-corrected chi connectivity index (χ1v) is 7.73. The maximum absolute atomic E-state index is 6.00. The zero-order valence-electron chi connectivity index (χ0n) is 12.2. The van der Waals surface area contributed by atoms with Crippen molar-refractivity contribution in [2.45, 2.75) is 12.8 Å². The van der Waals surface area contributed by atoms with Crippen LogP contribution >= 0.6 is 0 Å². The first-order valence-electron chi connectivity index (χ1n) is 7.73. The Morgan fingerprint density at radius 3 is 2.25 bits per heavy atom. The van der Waals surface area contributed by atoms with Crippen molar-refractivity contribution in [3.8, 4) is 0 Å². The van der Waals surface area contributed by atoms with Crippen molar-refractivity contribution in [2.75, 3.05) is 63.0 Å². The summed E-state index contributed by atoms with van der Waals surface area (Å²) in [5.74, 6) is 0.951. The second-order valence-electron chi connectivity index (χ2n) is 5.79. The first kappa shape index (κ1) is 13.6. The molecule has 20 heavy (non-hydrogen) atoms. The molecule has 0 bridgehead atoms. The molecule has 0 aliphatic carbocycles. The van der Waals surface area contributed by atoms with Gasteiger partial charge in [0.15, 0.2) is 5.82 Å². The van der Waals surface area contributed by atoms with E-state index in [-0.39, 0.29) is 0 Å². The van der Waals surface area contributed by atoms with Gasteiger partial charge >= 0.3 is 0 Å². The van der Waals surface area contributed by atoms with Crippen LogP contribution in [0.15, 0.2) is 18.3 Å². The van der Waals surface area contributed by atoms with E-state index in [2.05, 4.69) is 19.7 Å². The van der Waals surface area contributed by atoms with Crippen LogP contribution in [-0.2, 0) is 0 Å². The van der Waals surface area contributed by atoms with E-state index in [0.717, 1.165) is 37.7 Å². The Bertz CT molecular complexity index is 422. The van der Waals surface area contributed by atoms with Crippen molar-refractivity contribution in [3.05, 3.63) is 18.3 Å². The molecule has 1 aromatic heterocycles. The fraction of sp³-hybridized carbons (Fsp3) is 0.667. The average molecular weight is 275 g/mol. The highest BCUT2D eigenvalue weighted by molar-refractivity contribution is 5.62. The molecule has 0 atom stereocenters. The molecule has 2 aliphatic heterocycles. The Hall–Kier alpha value is -1.33. The molecular formula is C15H25N5. The second kappa shape index (κ2) is 6.41. The maximum Gasteiger partial charge on any atom is 0.151 e. The molecule has 0 radical (unpaired) electrons. The molecule has 0 spiro atoms. The summed E-state index contributed by atoms with van der Waals surface area (Å²) in [6.45, 7) is 9.31. The predicted molar refractivity (Wildman–Crippen MR) is 83.0 cm³/mol. The number of piperazine rings is 1. The number of hydrogen-bond acceptors (Lipinski definition) is 5. The number of nitrogens with two attached hydrogens (primary N) is 1. The molecule has 2 fully saturated rings. The number of likely N-dealkylation sites (tertiary alicyclic amines) is 1. The van der Waals surface area contributed by atoms with E-state index < -0.39 is 0 Å². The van der Waals surface area contributed by atoms with Gasteiger partial charge in [-0.3, -0.25) is 4.90 Å². The van der Waals surface area contributed by atoms with Gasteiger partial charge in [-0.1, -0.05) is 0 Å². The minimum absolute atomic E-state index is 0.790. The van der Waals surface area contributed by atoms with Crippen LogP contribution in [0, 0.1) is 0 Å². The van der Waals surface area contributed by atoms with Crippen molar-refractivity contribution in [3.63, 3.8) is 0 Å². The van der Waals surface area contributed by atoms with Gasteiger partial charge in [0.2, 0.25) is 0 Å². The monoisotopic (exact) mass is 275 g/mol. The number of anilines is 2. The minimum Gasteiger partial charge on any atom is -0.396 e. The molecular weight excluding hydrogens is 250 g/mol. The highest BCUT2D eigenvalue weighted by Gasteiger charge is 2.20. The first-order chi connectivity index (χ1) is 9.83. The lowest BCUT2D eigenvalue weighted by molar-refractivity contribution is 0.215. The fourth-order valence-electron chi connectivity index (χ4n) is 3.15. The van der Waals surface area contributed by atoms with Crippen LogP contribution in [0.1, 0.15) is 12.8 Å². The molecule has 1 aromatic rings. The molecule has 5 heteroatoms. The van der Waals surface area contributed by atoms with Gasteiger partial charge in [-0.25, -0.2) is 4.98 Å². The Morgan fingerprint density at radius 1 is 0.950 bits per heavy atom. The van der Waals surface area contributed by atoms with Crippen molar-refractivity contribution in [1.29, 1.82) is 0 Å². The average Bonchev–Trinajstić information content (AvgIpc) is 3.00. The number of nitrogens with zero attached hydrogens (tertiary/aromatic N) is 4. The summed E-state index contributed by atoms with van der Waals surface area (Å²) in [5.41, 5.74) is 6.79. The van der Waals surface area contributed by atoms with Crippen LogP contribution in [0.5, 0.6) is 0 Å². The molecule has 2 saturated heterocycles. The third-order valence-corrected chi connectivity index (χ3v) is 4.42. The predicted octanol–water partition coefficient (Wildman–Crippen LogP) is 0.882. The van der Waals surface area contributed by atoms with Crippen molar-refractivity contribution in [1.82, 2.24) is 14.8 Å². The quantitative estimate of drug-likeness (QED) is 0.884. The van der Waals surface area contributed by atoms with Crippen LogP contribution in [0.25, 0.3) is 0 Å². The van der Waals surface area contributed by atoms with E-state index in [9.17, 15) is 0 Å². The van der Waals surface area contributed by atoms with E-state index in [4.69, 9.17) is 5.73 Å². The molecule has 5 nitrogen and oxygen atoms in total. The van der Waals surface area contributed by atoms with Gasteiger partial charge in [-0.15, -0.1) is 0 Å². The third-order valence-electron chi connectivity index (χ3n) is 4.42. The van der Waals surface area contributed by atoms with Gasteiger partial charge in [0.25, 0.3) is 0 Å². The molecule has 3 heterocycles. The van der Waals surface area contributed by atoms with Gasteiger partial charge in [0.1, 0.15) is 0 Å². The Morgan fingerprint density at radius 2 is 1.60 bits per heavy atom. The number of nitrogen functional groups attached to an aromatic ring is 1. The number of rotatable bonds is 4. The molecule has 3 rings (SSSR count). The van der Waals surface area contributed by atoms with Crippen LogP contribution in [0.4, 0.5) is 11.5 Å². The van der Waals surface area contributed by atoms with Crippen molar-refractivity contribution >= 4 is 11.5 Å². The SMILES string of the molecule is Nc1cccnc1N1CCN(CCN2CCCC2)CC1. The number of aromatic nitrogens is 1. The molecule has 0 unspecified atom stereocenters. The topological polar surface area (TPSA) is 48.6 Å². The minimum atomic E-state index is 0.790. The smallest absolute Gasteiger partial charge is 0.151 e. The van der Waals surface area contributed by atoms with Crippen molar-refractivity contribution in [2.24, 2.45) is 0 Å². The van der Waals surface area contributed by atoms with Gasteiger partial charge in [0, 0.05) is 45.5 Å². The standard InChI is InChI=1S/C15H25N5/c16-14-4-3-5-17-15(14)20-12-10-19(11-13-20)9-8-18-6-1-2-7-18/h3-5H,1-2,6-13,16H2. The Labute approximate surface area is 121 Å². The molecule has 0 amide bonds. The van der Waals surface area contributed by atoms with Crippen molar-refractivity contribution < 1.29 is 0 Å². The lowest BCUT2D eigenvalue weighted by Gasteiger charge is -2.36. The van der Waals surface area contributed by atoms with E-state index in [1.54, 1.807) is 0 Å². The van der Waals surface area contributed by atoms with E-state index in [1.165, 1.54) is 39.0 Å². The highest BCUT2D eigenvalue weighted by Crippen LogP contribution is 2.20. The number of pyridine rings is 1. The highest BCUT2D eigenvalue weighted by atomic mass is 15.3. The summed E-state index contributed by atoms with van der Waals surface area (Å²) in [6.07, 6.45) is 4.59. The van der Waals surface area contributed by atoms with E-state index >= 15 is 0 Å². The second-order valence-corrected chi connectivity index (χ2v) is 5.79. The lowest BCUT2D eigenvalue weighted by Crippen LogP contribution is -2.48. The van der Waals surface area contributed by atoms with Gasteiger partial charge in [-0.05, 0) is 38.1 Å². The van der Waals surface area contributed by atoms with E-state index in [0.29, 0.717) is 0 Å². The maximum atomic E-state index is 6.00. The van der Waals surface area contributed by atoms with Crippen LogP contribution < -0.4 is 10.6 Å². The zero-order chi connectivity index (χ0) is 13.8. The normalized spacial score (nSPS) is 21.5.